The van der Waals surface area contributed by atoms with Crippen LogP contribution in [0.1, 0.15) is 0 Å². The average molecular weight is 161 g/mol. The van der Waals surface area contributed by atoms with Gasteiger partial charge in [0.05, 0.1) is 0 Å². The lowest BCUT2D eigenvalue weighted by molar-refractivity contribution is -0.0499. The largest absolute Gasteiger partial charge is 0.435 e. The van der Waals surface area contributed by atoms with Gasteiger partial charge in [0, 0.05) is 6.07 Å². The Balaban J connectivity index is 2.66. The predicted molar refractivity (Wildman–Crippen MR) is 31.9 cm³/mol. The zero-order valence-electron chi connectivity index (χ0n) is 5.35. The summed E-state index contributed by atoms with van der Waals surface area (Å²) in [4.78, 5) is 0. The number of alkyl halides is 2. The first-order valence-corrected chi connectivity index (χ1v) is 2.80. The molecular formula is C7H4F3O. The molecule has 0 saturated heterocycles. The number of hydrogen-bond acceptors (Lipinski definition) is 1. The molecule has 0 aliphatic carbocycles. The molecule has 4 heteroatoms. The Labute approximate surface area is 61.4 Å². The molecule has 1 radical (unpaired) electrons. The van der Waals surface area contributed by atoms with Crippen molar-refractivity contribution in [3.8, 4) is 5.75 Å². The summed E-state index contributed by atoms with van der Waals surface area (Å²) in [6.45, 7) is -2.88. The second-order valence-electron chi connectivity index (χ2n) is 1.75. The van der Waals surface area contributed by atoms with E-state index in [2.05, 4.69) is 10.8 Å². The molecule has 11 heavy (non-hydrogen) atoms. The predicted octanol–water partition coefficient (Wildman–Crippen LogP) is 2.23. The summed E-state index contributed by atoms with van der Waals surface area (Å²) in [5, 5.41) is 0. The number of halogens is 3. The highest BCUT2D eigenvalue weighted by atomic mass is 19.3. The quantitative estimate of drug-likeness (QED) is 0.646. The van der Waals surface area contributed by atoms with Crippen LogP contribution >= 0.6 is 0 Å². The van der Waals surface area contributed by atoms with E-state index in [0.717, 1.165) is 18.2 Å². The molecule has 1 rings (SSSR count). The van der Waals surface area contributed by atoms with Crippen LogP contribution in [-0.4, -0.2) is 6.61 Å². The monoisotopic (exact) mass is 161 g/mol. The van der Waals surface area contributed by atoms with E-state index in [1.807, 2.05) is 0 Å². The van der Waals surface area contributed by atoms with Crippen LogP contribution in [0.2, 0.25) is 0 Å². The minimum atomic E-state index is -2.88. The summed E-state index contributed by atoms with van der Waals surface area (Å²) < 4.78 is 39.0. The average Bonchev–Trinajstić information content (AvgIpc) is 1.93. The highest BCUT2D eigenvalue weighted by Gasteiger charge is 2.02. The third-order valence-corrected chi connectivity index (χ3v) is 0.971. The second kappa shape index (κ2) is 3.27. The van der Waals surface area contributed by atoms with Gasteiger partial charge in [0.15, 0.2) is 0 Å². The number of hydrogen-bond donors (Lipinski definition) is 0. The molecule has 0 saturated carbocycles. The minimum Gasteiger partial charge on any atom is -0.435 e. The molecule has 0 heterocycles. The molecule has 0 bridgehead atoms. The maximum absolute atomic E-state index is 12.1. The van der Waals surface area contributed by atoms with Crippen LogP contribution in [0.15, 0.2) is 18.2 Å². The summed E-state index contributed by atoms with van der Waals surface area (Å²) in [5.41, 5.74) is 0. The maximum atomic E-state index is 12.1. The molecule has 59 valence electrons. The Morgan fingerprint density at radius 2 is 2.09 bits per heavy atom. The number of benzene rings is 1. The molecule has 1 nitrogen and oxygen atoms in total. The second-order valence-corrected chi connectivity index (χ2v) is 1.75. The van der Waals surface area contributed by atoms with Gasteiger partial charge >= 0.3 is 6.61 Å². The van der Waals surface area contributed by atoms with Gasteiger partial charge in [-0.05, 0) is 18.2 Å². The number of rotatable bonds is 2. The molecule has 1 aromatic rings. The SMILES string of the molecule is Fc1[c]cc(OC(F)F)cc1. The van der Waals surface area contributed by atoms with Crippen molar-refractivity contribution in [1.82, 2.24) is 0 Å². The topological polar surface area (TPSA) is 9.23 Å². The van der Waals surface area contributed by atoms with Crippen molar-refractivity contribution in [3.05, 3.63) is 30.1 Å². The molecule has 0 aliphatic rings. The third-order valence-electron chi connectivity index (χ3n) is 0.971. The summed E-state index contributed by atoms with van der Waals surface area (Å²) in [6, 6.07) is 5.20. The van der Waals surface area contributed by atoms with Gasteiger partial charge in [-0.15, -0.1) is 0 Å². The van der Waals surface area contributed by atoms with Crippen molar-refractivity contribution in [2.24, 2.45) is 0 Å². The standard InChI is InChI=1S/C7H4F3O/c8-5-1-3-6(4-2-5)11-7(9)10/h1,3-4,7H. The molecule has 0 N–H and O–H groups in total. The van der Waals surface area contributed by atoms with Crippen molar-refractivity contribution in [2.45, 2.75) is 6.61 Å². The van der Waals surface area contributed by atoms with Crippen molar-refractivity contribution in [2.75, 3.05) is 0 Å². The Morgan fingerprint density at radius 1 is 1.36 bits per heavy atom. The molecule has 0 aliphatic heterocycles. The van der Waals surface area contributed by atoms with E-state index in [-0.39, 0.29) is 5.75 Å². The van der Waals surface area contributed by atoms with Crippen molar-refractivity contribution in [3.63, 3.8) is 0 Å². The van der Waals surface area contributed by atoms with Crippen LogP contribution in [0.4, 0.5) is 13.2 Å². The van der Waals surface area contributed by atoms with Crippen LogP contribution in [-0.2, 0) is 0 Å². The van der Waals surface area contributed by atoms with Gasteiger partial charge in [0.2, 0.25) is 0 Å². The van der Waals surface area contributed by atoms with Crippen molar-refractivity contribution >= 4 is 0 Å². The van der Waals surface area contributed by atoms with E-state index >= 15 is 0 Å². The minimum absolute atomic E-state index is 0.0959. The molecular weight excluding hydrogens is 157 g/mol. The fourth-order valence-electron chi connectivity index (χ4n) is 0.568. The smallest absolute Gasteiger partial charge is 0.387 e. The van der Waals surface area contributed by atoms with Gasteiger partial charge in [0.1, 0.15) is 11.6 Å². The Bertz CT molecular complexity index is 220. The Morgan fingerprint density at radius 3 is 2.55 bits per heavy atom. The first-order chi connectivity index (χ1) is 5.18. The van der Waals surface area contributed by atoms with Crippen molar-refractivity contribution in [1.29, 1.82) is 0 Å². The fourth-order valence-corrected chi connectivity index (χ4v) is 0.568. The van der Waals surface area contributed by atoms with Gasteiger partial charge in [-0.2, -0.15) is 8.78 Å². The zero-order chi connectivity index (χ0) is 8.27. The van der Waals surface area contributed by atoms with Gasteiger partial charge in [0.25, 0.3) is 0 Å². The maximum Gasteiger partial charge on any atom is 0.387 e. The Hall–Kier alpha value is -1.19. The fraction of sp³-hybridized carbons (Fsp3) is 0.143. The highest BCUT2D eigenvalue weighted by Crippen LogP contribution is 2.12. The lowest BCUT2D eigenvalue weighted by Crippen LogP contribution is -2.01. The van der Waals surface area contributed by atoms with Crippen LogP contribution < -0.4 is 4.74 Å². The lowest BCUT2D eigenvalue weighted by atomic mass is 10.3. The van der Waals surface area contributed by atoms with Crippen LogP contribution in [0.3, 0.4) is 0 Å². The van der Waals surface area contributed by atoms with E-state index in [1.165, 1.54) is 0 Å². The molecule has 0 spiro atoms. The molecule has 0 unspecified atom stereocenters. The third kappa shape index (κ3) is 2.49. The van der Waals surface area contributed by atoms with Crippen molar-refractivity contribution < 1.29 is 17.9 Å². The van der Waals surface area contributed by atoms with Gasteiger partial charge in [-0.25, -0.2) is 4.39 Å². The molecule has 0 atom stereocenters. The highest BCUT2D eigenvalue weighted by molar-refractivity contribution is 5.20. The zero-order valence-corrected chi connectivity index (χ0v) is 5.35. The van der Waals surface area contributed by atoms with E-state index in [9.17, 15) is 13.2 Å². The molecule has 0 amide bonds. The van der Waals surface area contributed by atoms with Gasteiger partial charge in [-0.3, -0.25) is 0 Å². The van der Waals surface area contributed by atoms with E-state index in [1.54, 1.807) is 0 Å². The summed E-state index contributed by atoms with van der Waals surface area (Å²) in [5.74, 6) is -0.701. The van der Waals surface area contributed by atoms with Crippen LogP contribution in [0.5, 0.6) is 5.75 Å². The normalized spacial score (nSPS) is 10.2. The molecule has 0 fully saturated rings. The van der Waals surface area contributed by atoms with E-state index in [0.29, 0.717) is 0 Å². The van der Waals surface area contributed by atoms with E-state index < -0.39 is 12.4 Å². The van der Waals surface area contributed by atoms with Crippen LogP contribution in [0.25, 0.3) is 0 Å². The first-order valence-electron chi connectivity index (χ1n) is 2.80. The summed E-state index contributed by atoms with van der Waals surface area (Å²) in [7, 11) is 0. The van der Waals surface area contributed by atoms with Crippen LogP contribution in [0, 0.1) is 11.9 Å². The lowest BCUT2D eigenvalue weighted by Gasteiger charge is -2.01. The molecule has 0 aromatic heterocycles. The molecule has 1 aromatic carbocycles. The number of ether oxygens (including phenoxy) is 1. The summed E-state index contributed by atoms with van der Waals surface area (Å²) in [6.07, 6.45) is 0. The summed E-state index contributed by atoms with van der Waals surface area (Å²) >= 11 is 0. The van der Waals surface area contributed by atoms with Gasteiger partial charge in [-0.1, -0.05) is 0 Å². The Kier molecular flexibility index (Phi) is 2.36. The van der Waals surface area contributed by atoms with E-state index in [4.69, 9.17) is 0 Å². The first kappa shape index (κ1) is 7.91. The van der Waals surface area contributed by atoms with Gasteiger partial charge < -0.3 is 4.74 Å².